The first-order valence-electron chi connectivity index (χ1n) is 7.24. The highest BCUT2D eigenvalue weighted by molar-refractivity contribution is 9.10. The fourth-order valence-corrected chi connectivity index (χ4v) is 3.66. The SMILES string of the molecule is Brc1ccccc1CC1(CNC2CC2)CCCC1. The largest absolute Gasteiger partial charge is 0.313 e. The quantitative estimate of drug-likeness (QED) is 0.855. The Labute approximate surface area is 118 Å². The van der Waals surface area contributed by atoms with Gasteiger partial charge in [-0.3, -0.25) is 0 Å². The third kappa shape index (κ3) is 2.97. The molecule has 0 spiro atoms. The first-order valence-corrected chi connectivity index (χ1v) is 8.04. The zero-order valence-electron chi connectivity index (χ0n) is 10.9. The van der Waals surface area contributed by atoms with Crippen molar-refractivity contribution in [2.75, 3.05) is 6.54 Å². The van der Waals surface area contributed by atoms with Gasteiger partial charge in [-0.1, -0.05) is 47.0 Å². The van der Waals surface area contributed by atoms with Gasteiger partial charge in [0.1, 0.15) is 0 Å². The molecule has 2 fully saturated rings. The van der Waals surface area contributed by atoms with Crippen LogP contribution in [-0.4, -0.2) is 12.6 Å². The van der Waals surface area contributed by atoms with Gasteiger partial charge in [0.25, 0.3) is 0 Å². The molecule has 0 bridgehead atoms. The third-order valence-corrected chi connectivity index (χ3v) is 5.30. The summed E-state index contributed by atoms with van der Waals surface area (Å²) in [5, 5.41) is 3.76. The summed E-state index contributed by atoms with van der Waals surface area (Å²) in [4.78, 5) is 0. The lowest BCUT2D eigenvalue weighted by Crippen LogP contribution is -2.35. The Morgan fingerprint density at radius 1 is 1.17 bits per heavy atom. The number of hydrogen-bond donors (Lipinski definition) is 1. The molecule has 0 amide bonds. The first-order chi connectivity index (χ1) is 8.77. The van der Waals surface area contributed by atoms with Crippen molar-refractivity contribution in [1.82, 2.24) is 5.32 Å². The average Bonchev–Trinajstić information content (AvgIpc) is 3.10. The van der Waals surface area contributed by atoms with Crippen molar-refractivity contribution in [1.29, 1.82) is 0 Å². The number of nitrogens with one attached hydrogen (secondary N) is 1. The Bertz CT molecular complexity index is 405. The molecule has 3 rings (SSSR count). The van der Waals surface area contributed by atoms with Crippen LogP contribution in [0.5, 0.6) is 0 Å². The van der Waals surface area contributed by atoms with Crippen LogP contribution < -0.4 is 5.32 Å². The second-order valence-corrected chi connectivity index (χ2v) is 6.98. The van der Waals surface area contributed by atoms with E-state index in [4.69, 9.17) is 0 Å². The maximum atomic E-state index is 3.76. The Balaban J connectivity index is 1.70. The van der Waals surface area contributed by atoms with Gasteiger partial charge in [-0.25, -0.2) is 0 Å². The highest BCUT2D eigenvalue weighted by Gasteiger charge is 2.35. The Morgan fingerprint density at radius 3 is 2.56 bits per heavy atom. The van der Waals surface area contributed by atoms with E-state index in [0.717, 1.165) is 6.04 Å². The highest BCUT2D eigenvalue weighted by atomic mass is 79.9. The molecule has 2 aliphatic carbocycles. The van der Waals surface area contributed by atoms with E-state index in [0.29, 0.717) is 5.41 Å². The molecule has 0 atom stereocenters. The molecule has 0 heterocycles. The van der Waals surface area contributed by atoms with Crippen molar-refractivity contribution in [2.24, 2.45) is 5.41 Å². The molecule has 0 radical (unpaired) electrons. The standard InChI is InChI=1S/C16H22BrN/c17-15-6-2-1-5-13(15)11-16(9-3-4-10-16)12-18-14-7-8-14/h1-2,5-6,14,18H,3-4,7-12H2. The summed E-state index contributed by atoms with van der Waals surface area (Å²) in [6.07, 6.45) is 9.64. The molecule has 0 aliphatic heterocycles. The average molecular weight is 308 g/mol. The molecule has 1 aromatic carbocycles. The molecular formula is C16H22BrN. The Morgan fingerprint density at radius 2 is 1.89 bits per heavy atom. The Hall–Kier alpha value is -0.340. The van der Waals surface area contributed by atoms with Crippen molar-refractivity contribution < 1.29 is 0 Å². The Kier molecular flexibility index (Phi) is 3.76. The zero-order chi connectivity index (χ0) is 12.4. The van der Waals surface area contributed by atoms with E-state index in [2.05, 4.69) is 45.5 Å². The van der Waals surface area contributed by atoms with Crippen LogP contribution in [0.2, 0.25) is 0 Å². The molecule has 2 aliphatic rings. The van der Waals surface area contributed by atoms with E-state index in [1.165, 1.54) is 61.5 Å². The minimum Gasteiger partial charge on any atom is -0.313 e. The van der Waals surface area contributed by atoms with Gasteiger partial charge >= 0.3 is 0 Å². The van der Waals surface area contributed by atoms with E-state index >= 15 is 0 Å². The molecule has 0 aromatic heterocycles. The molecule has 0 unspecified atom stereocenters. The van der Waals surface area contributed by atoms with Gasteiger partial charge in [-0.2, -0.15) is 0 Å². The van der Waals surface area contributed by atoms with Crippen molar-refractivity contribution in [3.05, 3.63) is 34.3 Å². The van der Waals surface area contributed by atoms with Gasteiger partial charge in [0.2, 0.25) is 0 Å². The maximum Gasteiger partial charge on any atom is 0.0207 e. The summed E-state index contributed by atoms with van der Waals surface area (Å²) < 4.78 is 1.28. The second-order valence-electron chi connectivity index (χ2n) is 6.13. The molecule has 18 heavy (non-hydrogen) atoms. The lowest BCUT2D eigenvalue weighted by molar-refractivity contribution is 0.276. The lowest BCUT2D eigenvalue weighted by atomic mass is 9.80. The fourth-order valence-electron chi connectivity index (χ4n) is 3.24. The van der Waals surface area contributed by atoms with Crippen LogP contribution >= 0.6 is 15.9 Å². The summed E-state index contributed by atoms with van der Waals surface area (Å²) in [6.45, 7) is 1.22. The normalized spacial score (nSPS) is 22.3. The predicted octanol–water partition coefficient (Wildman–Crippen LogP) is 4.30. The van der Waals surface area contributed by atoms with Crippen LogP contribution in [0.25, 0.3) is 0 Å². The van der Waals surface area contributed by atoms with Crippen LogP contribution in [0.4, 0.5) is 0 Å². The molecular weight excluding hydrogens is 286 g/mol. The number of halogens is 1. The first kappa shape index (κ1) is 12.7. The van der Waals surface area contributed by atoms with Gasteiger partial charge in [0.05, 0.1) is 0 Å². The van der Waals surface area contributed by atoms with Crippen molar-refractivity contribution in [2.45, 2.75) is 51.0 Å². The number of benzene rings is 1. The smallest absolute Gasteiger partial charge is 0.0207 e. The summed E-state index contributed by atoms with van der Waals surface area (Å²) >= 11 is 3.70. The van der Waals surface area contributed by atoms with Crippen LogP contribution in [0.15, 0.2) is 28.7 Å². The van der Waals surface area contributed by atoms with Crippen LogP contribution in [0, 0.1) is 5.41 Å². The molecule has 1 aromatic rings. The number of rotatable bonds is 5. The summed E-state index contributed by atoms with van der Waals surface area (Å²) in [6, 6.07) is 9.56. The molecule has 1 nitrogen and oxygen atoms in total. The maximum absolute atomic E-state index is 3.76. The van der Waals surface area contributed by atoms with E-state index in [1.54, 1.807) is 0 Å². The van der Waals surface area contributed by atoms with Crippen molar-refractivity contribution >= 4 is 15.9 Å². The molecule has 1 N–H and O–H groups in total. The molecule has 2 saturated carbocycles. The van der Waals surface area contributed by atoms with Crippen molar-refractivity contribution in [3.8, 4) is 0 Å². The van der Waals surface area contributed by atoms with E-state index < -0.39 is 0 Å². The summed E-state index contributed by atoms with van der Waals surface area (Å²) in [5.41, 5.74) is 2.00. The minimum absolute atomic E-state index is 0.520. The molecule has 98 valence electrons. The van der Waals surface area contributed by atoms with Crippen LogP contribution in [0.1, 0.15) is 44.1 Å². The highest BCUT2D eigenvalue weighted by Crippen LogP contribution is 2.42. The predicted molar refractivity (Wildman–Crippen MR) is 79.8 cm³/mol. The van der Waals surface area contributed by atoms with Gasteiger partial charge < -0.3 is 5.32 Å². The lowest BCUT2D eigenvalue weighted by Gasteiger charge is -2.30. The van der Waals surface area contributed by atoms with Gasteiger partial charge in [-0.05, 0) is 49.1 Å². The van der Waals surface area contributed by atoms with E-state index in [-0.39, 0.29) is 0 Å². The van der Waals surface area contributed by atoms with Gasteiger partial charge in [-0.15, -0.1) is 0 Å². The number of hydrogen-bond acceptors (Lipinski definition) is 1. The third-order valence-electron chi connectivity index (χ3n) is 4.53. The topological polar surface area (TPSA) is 12.0 Å². The zero-order valence-corrected chi connectivity index (χ0v) is 12.5. The van der Waals surface area contributed by atoms with Crippen LogP contribution in [0.3, 0.4) is 0 Å². The monoisotopic (exact) mass is 307 g/mol. The molecule has 2 heteroatoms. The van der Waals surface area contributed by atoms with Crippen molar-refractivity contribution in [3.63, 3.8) is 0 Å². The molecule has 0 saturated heterocycles. The van der Waals surface area contributed by atoms with E-state index in [9.17, 15) is 0 Å². The summed E-state index contributed by atoms with van der Waals surface area (Å²) in [7, 11) is 0. The van der Waals surface area contributed by atoms with Crippen LogP contribution in [-0.2, 0) is 6.42 Å². The fraction of sp³-hybridized carbons (Fsp3) is 0.625. The second kappa shape index (κ2) is 5.34. The van der Waals surface area contributed by atoms with Gasteiger partial charge in [0.15, 0.2) is 0 Å². The van der Waals surface area contributed by atoms with Gasteiger partial charge in [0, 0.05) is 17.1 Å². The minimum atomic E-state index is 0.520. The van der Waals surface area contributed by atoms with E-state index in [1.807, 2.05) is 0 Å². The summed E-state index contributed by atoms with van der Waals surface area (Å²) in [5.74, 6) is 0.